The van der Waals surface area contributed by atoms with Crippen molar-refractivity contribution in [3.8, 4) is 0 Å². The van der Waals surface area contributed by atoms with Crippen LogP contribution in [-0.4, -0.2) is 34.9 Å². The van der Waals surface area contributed by atoms with E-state index in [1.54, 1.807) is 0 Å². The highest BCUT2D eigenvalue weighted by molar-refractivity contribution is 9.11. The summed E-state index contributed by atoms with van der Waals surface area (Å²) in [5.74, 6) is -0.228. The molecule has 0 fully saturated rings. The smallest absolute Gasteiger partial charge is 0.229 e. The van der Waals surface area contributed by atoms with Crippen LogP contribution in [0.15, 0.2) is 14.1 Å². The van der Waals surface area contributed by atoms with Crippen LogP contribution < -0.4 is 4.72 Å². The standard InChI is InChI=1S/C8H11BrClNO4S3/c1-2-17(12,13)4-3-11-18(14,15)7-5-6(10)8(9)16-7/h5,11H,2-4H2,1H3. The van der Waals surface area contributed by atoms with Crippen LogP contribution in [0.3, 0.4) is 0 Å². The Morgan fingerprint density at radius 3 is 2.44 bits per heavy atom. The first-order valence-corrected chi connectivity index (χ1v) is 10.1. The number of nitrogens with one attached hydrogen (secondary N) is 1. The zero-order valence-corrected chi connectivity index (χ0v) is 14.1. The molecule has 104 valence electrons. The second-order valence-corrected chi connectivity index (χ2v) is 10.6. The number of halogens is 2. The van der Waals surface area contributed by atoms with Crippen molar-refractivity contribution in [1.29, 1.82) is 0 Å². The summed E-state index contributed by atoms with van der Waals surface area (Å²) in [5, 5.41) is 0.307. The Kier molecular flexibility index (Phi) is 5.63. The largest absolute Gasteiger partial charge is 0.250 e. The average Bonchev–Trinajstić information content (AvgIpc) is 2.59. The highest BCUT2D eigenvalue weighted by atomic mass is 79.9. The minimum Gasteiger partial charge on any atom is -0.229 e. The Morgan fingerprint density at radius 2 is 2.00 bits per heavy atom. The van der Waals surface area contributed by atoms with Crippen molar-refractivity contribution in [2.45, 2.75) is 11.1 Å². The van der Waals surface area contributed by atoms with Crippen molar-refractivity contribution in [2.75, 3.05) is 18.1 Å². The van der Waals surface area contributed by atoms with Gasteiger partial charge in [0.05, 0.1) is 14.6 Å². The van der Waals surface area contributed by atoms with Gasteiger partial charge >= 0.3 is 0 Å². The monoisotopic (exact) mass is 395 g/mol. The van der Waals surface area contributed by atoms with Crippen LogP contribution in [0.25, 0.3) is 0 Å². The minimum absolute atomic E-state index is 0.00882. The molecule has 0 spiro atoms. The average molecular weight is 397 g/mol. The highest BCUT2D eigenvalue weighted by Crippen LogP contribution is 2.34. The van der Waals surface area contributed by atoms with E-state index < -0.39 is 19.9 Å². The van der Waals surface area contributed by atoms with Crippen LogP contribution >= 0.6 is 38.9 Å². The molecule has 10 heteroatoms. The molecular formula is C8H11BrClNO4S3. The fourth-order valence-electron chi connectivity index (χ4n) is 1.01. The summed E-state index contributed by atoms with van der Waals surface area (Å²) in [7, 11) is -6.89. The van der Waals surface area contributed by atoms with E-state index in [2.05, 4.69) is 20.7 Å². The van der Waals surface area contributed by atoms with Gasteiger partial charge in [-0.2, -0.15) is 0 Å². The van der Waals surface area contributed by atoms with E-state index in [9.17, 15) is 16.8 Å². The predicted octanol–water partition coefficient (Wildman–Crippen LogP) is 1.88. The first-order chi connectivity index (χ1) is 8.18. The normalized spacial score (nSPS) is 12.8. The predicted molar refractivity (Wildman–Crippen MR) is 76.5 cm³/mol. The molecule has 1 heterocycles. The van der Waals surface area contributed by atoms with Crippen LogP contribution in [0.4, 0.5) is 0 Å². The van der Waals surface area contributed by atoms with Gasteiger partial charge in [0.1, 0.15) is 4.21 Å². The van der Waals surface area contributed by atoms with Crippen molar-refractivity contribution in [3.05, 3.63) is 14.9 Å². The van der Waals surface area contributed by atoms with Gasteiger partial charge in [0.2, 0.25) is 10.0 Å². The summed E-state index contributed by atoms with van der Waals surface area (Å²) in [6.07, 6.45) is 0. The minimum atomic E-state index is -3.70. The number of hydrogen-bond donors (Lipinski definition) is 1. The van der Waals surface area contributed by atoms with E-state index in [4.69, 9.17) is 11.6 Å². The van der Waals surface area contributed by atoms with Crippen molar-refractivity contribution < 1.29 is 16.8 Å². The van der Waals surface area contributed by atoms with Gasteiger partial charge in [0.15, 0.2) is 9.84 Å². The number of rotatable bonds is 6. The van der Waals surface area contributed by atoms with Crippen LogP contribution in [0.5, 0.6) is 0 Å². The molecule has 0 saturated heterocycles. The fraction of sp³-hybridized carbons (Fsp3) is 0.500. The molecule has 0 radical (unpaired) electrons. The third-order valence-corrected chi connectivity index (χ3v) is 8.15. The second-order valence-electron chi connectivity index (χ2n) is 3.32. The molecule has 1 aromatic heterocycles. The quantitative estimate of drug-likeness (QED) is 0.796. The molecule has 0 aliphatic heterocycles. The van der Waals surface area contributed by atoms with Crippen LogP contribution in [0, 0.1) is 0 Å². The lowest BCUT2D eigenvalue weighted by Crippen LogP contribution is -2.29. The van der Waals surface area contributed by atoms with Crippen molar-refractivity contribution in [2.24, 2.45) is 0 Å². The molecule has 0 aromatic carbocycles. The molecule has 1 rings (SSSR count). The maximum atomic E-state index is 11.8. The maximum absolute atomic E-state index is 11.8. The van der Waals surface area contributed by atoms with Gasteiger partial charge in [-0.3, -0.25) is 0 Å². The summed E-state index contributed by atoms with van der Waals surface area (Å²) < 4.78 is 48.8. The highest BCUT2D eigenvalue weighted by Gasteiger charge is 2.19. The Balaban J connectivity index is 2.72. The lowest BCUT2D eigenvalue weighted by atomic mass is 10.7. The third kappa shape index (κ3) is 4.46. The number of sulfonamides is 1. The zero-order chi connectivity index (χ0) is 14.0. The molecule has 0 amide bonds. The first-order valence-electron chi connectivity index (χ1n) is 4.83. The van der Waals surface area contributed by atoms with Gasteiger partial charge in [-0.25, -0.2) is 21.6 Å². The summed E-state index contributed by atoms with van der Waals surface area (Å²) in [6, 6.07) is 1.31. The van der Waals surface area contributed by atoms with Gasteiger partial charge < -0.3 is 0 Å². The van der Waals surface area contributed by atoms with Gasteiger partial charge in [-0.05, 0) is 22.0 Å². The third-order valence-electron chi connectivity index (χ3n) is 2.03. The van der Waals surface area contributed by atoms with E-state index >= 15 is 0 Å². The maximum Gasteiger partial charge on any atom is 0.250 e. The van der Waals surface area contributed by atoms with Crippen LogP contribution in [-0.2, 0) is 19.9 Å². The summed E-state index contributed by atoms with van der Waals surface area (Å²) >= 11 is 9.83. The summed E-state index contributed by atoms with van der Waals surface area (Å²) in [4.78, 5) is 0. The van der Waals surface area contributed by atoms with E-state index in [0.29, 0.717) is 8.81 Å². The Hall–Kier alpha value is 0.330. The molecular weight excluding hydrogens is 386 g/mol. The van der Waals surface area contributed by atoms with Gasteiger partial charge in [0.25, 0.3) is 0 Å². The molecule has 5 nitrogen and oxygen atoms in total. The SMILES string of the molecule is CCS(=O)(=O)CCNS(=O)(=O)c1cc(Cl)c(Br)s1. The Bertz CT molecular complexity index is 603. The molecule has 0 saturated carbocycles. The van der Waals surface area contributed by atoms with E-state index in [1.165, 1.54) is 13.0 Å². The van der Waals surface area contributed by atoms with Crippen molar-refractivity contribution >= 4 is 58.7 Å². The van der Waals surface area contributed by atoms with Gasteiger partial charge in [-0.1, -0.05) is 18.5 Å². The van der Waals surface area contributed by atoms with E-state index in [0.717, 1.165) is 11.3 Å². The van der Waals surface area contributed by atoms with E-state index in [-0.39, 0.29) is 22.3 Å². The molecule has 1 N–H and O–H groups in total. The molecule has 18 heavy (non-hydrogen) atoms. The van der Waals surface area contributed by atoms with Gasteiger partial charge in [0, 0.05) is 12.3 Å². The number of thiophene rings is 1. The van der Waals surface area contributed by atoms with Crippen LogP contribution in [0.2, 0.25) is 5.02 Å². The fourth-order valence-corrected chi connectivity index (χ4v) is 5.31. The summed E-state index contributed by atoms with van der Waals surface area (Å²) in [6.45, 7) is 1.37. The summed E-state index contributed by atoms with van der Waals surface area (Å²) in [5.41, 5.74) is 0. The molecule has 0 bridgehead atoms. The number of hydrogen-bond acceptors (Lipinski definition) is 5. The molecule has 0 aliphatic rings. The second kappa shape index (κ2) is 6.19. The molecule has 1 aromatic rings. The van der Waals surface area contributed by atoms with Gasteiger partial charge in [-0.15, -0.1) is 11.3 Å². The Morgan fingerprint density at radius 1 is 1.39 bits per heavy atom. The number of sulfone groups is 1. The zero-order valence-electron chi connectivity index (χ0n) is 9.31. The molecule has 0 unspecified atom stereocenters. The van der Waals surface area contributed by atoms with Crippen molar-refractivity contribution in [3.63, 3.8) is 0 Å². The topological polar surface area (TPSA) is 80.3 Å². The Labute approximate surface area is 124 Å². The first kappa shape index (κ1) is 16.4. The molecule has 0 aliphatic carbocycles. The molecule has 0 atom stereocenters. The lowest BCUT2D eigenvalue weighted by Gasteiger charge is -2.04. The van der Waals surface area contributed by atoms with E-state index in [1.807, 2.05) is 0 Å². The van der Waals surface area contributed by atoms with Crippen molar-refractivity contribution in [1.82, 2.24) is 4.72 Å². The van der Waals surface area contributed by atoms with Crippen LogP contribution in [0.1, 0.15) is 6.92 Å². The lowest BCUT2D eigenvalue weighted by molar-refractivity contribution is 0.583.